The summed E-state index contributed by atoms with van der Waals surface area (Å²) >= 11 is 6.38. The predicted octanol–water partition coefficient (Wildman–Crippen LogP) is 4.13. The maximum absolute atomic E-state index is 11.0. The van der Waals surface area contributed by atoms with Gasteiger partial charge in [-0.15, -0.1) is 0 Å². The molecule has 0 saturated heterocycles. The number of aliphatic hydroxyl groups is 1. The van der Waals surface area contributed by atoms with Crippen molar-refractivity contribution >= 4 is 11.6 Å². The number of rotatable bonds is 3. The van der Waals surface area contributed by atoms with Crippen LogP contribution in [0.3, 0.4) is 0 Å². The van der Waals surface area contributed by atoms with Crippen LogP contribution in [0.1, 0.15) is 64.3 Å². The van der Waals surface area contributed by atoms with E-state index >= 15 is 0 Å². The van der Waals surface area contributed by atoms with Gasteiger partial charge in [0.25, 0.3) is 0 Å². The predicted molar refractivity (Wildman–Crippen MR) is 83.2 cm³/mol. The van der Waals surface area contributed by atoms with Crippen LogP contribution >= 0.6 is 11.6 Å². The van der Waals surface area contributed by atoms with Crippen LogP contribution in [-0.2, 0) is 13.0 Å². The molecule has 20 heavy (non-hydrogen) atoms. The number of nitrogens with zero attached hydrogens (tertiary/aromatic N) is 2. The molecule has 0 radical (unpaired) electrons. The van der Waals surface area contributed by atoms with Crippen LogP contribution in [0.5, 0.6) is 0 Å². The normalized spacial score (nSPS) is 26.5. The monoisotopic (exact) mass is 298 g/mol. The Labute approximate surface area is 127 Å². The zero-order chi connectivity index (χ0) is 15.0. The molecule has 1 aromatic heterocycles. The van der Waals surface area contributed by atoms with Gasteiger partial charge in [-0.2, -0.15) is 5.10 Å². The van der Waals surface area contributed by atoms with Gasteiger partial charge >= 0.3 is 0 Å². The lowest BCUT2D eigenvalue weighted by molar-refractivity contribution is 0.0208. The number of aromatic nitrogens is 2. The second-order valence-electron chi connectivity index (χ2n) is 7.08. The van der Waals surface area contributed by atoms with Gasteiger partial charge < -0.3 is 5.11 Å². The van der Waals surface area contributed by atoms with Gasteiger partial charge in [-0.05, 0) is 44.9 Å². The summed E-state index contributed by atoms with van der Waals surface area (Å²) in [7, 11) is 0. The van der Waals surface area contributed by atoms with Crippen LogP contribution in [0.4, 0.5) is 0 Å². The number of hydrogen-bond donors (Lipinski definition) is 1. The lowest BCUT2D eigenvalue weighted by Crippen LogP contribution is -2.32. The van der Waals surface area contributed by atoms with Crippen LogP contribution in [-0.4, -0.2) is 20.5 Å². The minimum absolute atomic E-state index is 0.342. The summed E-state index contributed by atoms with van der Waals surface area (Å²) in [6, 6.07) is 0. The number of halogens is 1. The van der Waals surface area contributed by atoms with Gasteiger partial charge in [-0.25, -0.2) is 0 Å². The van der Waals surface area contributed by atoms with Crippen molar-refractivity contribution in [2.45, 2.75) is 78.4 Å². The Hall–Kier alpha value is -0.540. The third-order valence-electron chi connectivity index (χ3n) is 4.71. The Bertz CT molecular complexity index is 481. The maximum atomic E-state index is 11.0. The molecule has 114 valence electrons. The Morgan fingerprint density at radius 1 is 1.25 bits per heavy atom. The third-order valence-corrected chi connectivity index (χ3v) is 5.20. The van der Waals surface area contributed by atoms with Crippen LogP contribution < -0.4 is 0 Å². The van der Waals surface area contributed by atoms with Gasteiger partial charge in [-0.1, -0.05) is 31.9 Å². The molecular weight excluding hydrogens is 272 g/mol. The first kappa shape index (κ1) is 15.8. The minimum Gasteiger partial charge on any atom is -0.389 e. The van der Waals surface area contributed by atoms with E-state index in [2.05, 4.69) is 25.9 Å². The molecule has 1 saturated carbocycles. The molecule has 1 aliphatic rings. The molecule has 4 heteroatoms. The summed E-state index contributed by atoms with van der Waals surface area (Å²) in [5.74, 6) is 0. The molecule has 1 aromatic rings. The largest absolute Gasteiger partial charge is 0.389 e. The van der Waals surface area contributed by atoms with Crippen molar-refractivity contribution in [3.8, 4) is 0 Å². The van der Waals surface area contributed by atoms with Crippen LogP contribution in [0.2, 0.25) is 5.02 Å². The molecule has 3 nitrogen and oxygen atoms in total. The van der Waals surface area contributed by atoms with E-state index in [1.165, 1.54) is 6.42 Å². The first-order valence-corrected chi connectivity index (χ1v) is 8.08. The van der Waals surface area contributed by atoms with Crippen molar-refractivity contribution in [2.75, 3.05) is 0 Å². The maximum Gasteiger partial charge on any atom is 0.0848 e. The highest BCUT2D eigenvalue weighted by Crippen LogP contribution is 2.40. The van der Waals surface area contributed by atoms with Gasteiger partial charge in [0.1, 0.15) is 0 Å². The van der Waals surface area contributed by atoms with Crippen LogP contribution in [0.15, 0.2) is 0 Å². The fraction of sp³-hybridized carbons (Fsp3) is 0.812. The van der Waals surface area contributed by atoms with Gasteiger partial charge in [0.2, 0.25) is 0 Å². The number of hydrogen-bond acceptors (Lipinski definition) is 2. The van der Waals surface area contributed by atoms with E-state index in [1.807, 2.05) is 11.6 Å². The molecular formula is C16H27ClN2O. The lowest BCUT2D eigenvalue weighted by Gasteiger charge is -2.28. The molecule has 1 heterocycles. The van der Waals surface area contributed by atoms with E-state index in [1.54, 1.807) is 0 Å². The fourth-order valence-corrected chi connectivity index (χ4v) is 3.45. The average molecular weight is 299 g/mol. The van der Waals surface area contributed by atoms with E-state index in [0.717, 1.165) is 48.6 Å². The second-order valence-corrected chi connectivity index (χ2v) is 7.46. The summed E-state index contributed by atoms with van der Waals surface area (Å²) < 4.78 is 1.94. The van der Waals surface area contributed by atoms with Crippen molar-refractivity contribution in [3.05, 3.63) is 16.4 Å². The van der Waals surface area contributed by atoms with Gasteiger partial charge in [0, 0.05) is 13.0 Å². The first-order chi connectivity index (χ1) is 9.26. The highest BCUT2D eigenvalue weighted by atomic mass is 35.5. The van der Waals surface area contributed by atoms with E-state index in [-0.39, 0.29) is 0 Å². The molecule has 0 amide bonds. The van der Waals surface area contributed by atoms with Gasteiger partial charge in [-0.3, -0.25) is 4.68 Å². The molecule has 1 fully saturated rings. The Kier molecular flexibility index (Phi) is 4.50. The zero-order valence-electron chi connectivity index (χ0n) is 13.2. The van der Waals surface area contributed by atoms with E-state index in [0.29, 0.717) is 11.8 Å². The first-order valence-electron chi connectivity index (χ1n) is 7.70. The van der Waals surface area contributed by atoms with Crippen molar-refractivity contribution in [1.29, 1.82) is 0 Å². The SMILES string of the molecule is CCn1nc(C)c(Cl)c1CC1(O)CCCC(C)(C)CC1. The van der Waals surface area contributed by atoms with E-state index in [4.69, 9.17) is 11.6 Å². The Morgan fingerprint density at radius 3 is 2.60 bits per heavy atom. The Balaban J connectivity index is 2.20. The second kappa shape index (κ2) is 5.69. The third kappa shape index (κ3) is 3.37. The summed E-state index contributed by atoms with van der Waals surface area (Å²) in [4.78, 5) is 0. The van der Waals surface area contributed by atoms with Crippen LogP contribution in [0.25, 0.3) is 0 Å². The summed E-state index contributed by atoms with van der Waals surface area (Å²) in [5, 5.41) is 16.2. The standard InChI is InChI=1S/C16H27ClN2O/c1-5-19-13(14(17)12(2)18-19)11-16(20)8-6-7-15(3,4)9-10-16/h20H,5-11H2,1-4H3. The summed E-state index contributed by atoms with van der Waals surface area (Å²) in [5.41, 5.74) is 1.57. The van der Waals surface area contributed by atoms with Crippen molar-refractivity contribution in [1.82, 2.24) is 9.78 Å². The highest BCUT2D eigenvalue weighted by Gasteiger charge is 2.35. The fourth-order valence-electron chi connectivity index (χ4n) is 3.24. The topological polar surface area (TPSA) is 38.0 Å². The average Bonchev–Trinajstić information content (AvgIpc) is 2.55. The summed E-state index contributed by atoms with van der Waals surface area (Å²) in [6.45, 7) is 9.38. The molecule has 0 aromatic carbocycles. The molecule has 0 bridgehead atoms. The molecule has 1 unspecified atom stereocenters. The van der Waals surface area contributed by atoms with Gasteiger partial charge in [0.15, 0.2) is 0 Å². The molecule has 1 atom stereocenters. The smallest absolute Gasteiger partial charge is 0.0848 e. The zero-order valence-corrected chi connectivity index (χ0v) is 13.9. The van der Waals surface area contributed by atoms with E-state index in [9.17, 15) is 5.11 Å². The van der Waals surface area contributed by atoms with Gasteiger partial charge in [0.05, 0.1) is 22.0 Å². The minimum atomic E-state index is -0.628. The molecule has 0 spiro atoms. The van der Waals surface area contributed by atoms with E-state index < -0.39 is 5.60 Å². The van der Waals surface area contributed by atoms with Crippen molar-refractivity contribution in [3.63, 3.8) is 0 Å². The lowest BCUT2D eigenvalue weighted by atomic mass is 9.83. The molecule has 2 rings (SSSR count). The highest BCUT2D eigenvalue weighted by molar-refractivity contribution is 6.31. The van der Waals surface area contributed by atoms with Crippen molar-refractivity contribution < 1.29 is 5.11 Å². The Morgan fingerprint density at radius 2 is 1.95 bits per heavy atom. The molecule has 0 aliphatic heterocycles. The van der Waals surface area contributed by atoms with Crippen molar-refractivity contribution in [2.24, 2.45) is 5.41 Å². The quantitative estimate of drug-likeness (QED) is 0.852. The summed E-state index contributed by atoms with van der Waals surface area (Å²) in [6.07, 6.45) is 5.68. The van der Waals surface area contributed by atoms with Crippen LogP contribution in [0, 0.1) is 12.3 Å². The molecule has 1 N–H and O–H groups in total. The number of aryl methyl sites for hydroxylation is 2. The molecule has 1 aliphatic carbocycles.